The van der Waals surface area contributed by atoms with E-state index in [1.165, 1.54) is 0 Å². The van der Waals surface area contributed by atoms with Crippen LogP contribution in [0.3, 0.4) is 0 Å². The zero-order valence-corrected chi connectivity index (χ0v) is 9.29. The molecule has 0 heterocycles. The first-order valence-electron chi connectivity index (χ1n) is 5.26. The Bertz CT molecular complexity index is 108. The molecular weight excluding hydrogens is 182 g/mol. The van der Waals surface area contributed by atoms with Gasteiger partial charge in [0.15, 0.2) is 0 Å². The lowest BCUT2D eigenvalue weighted by Gasteiger charge is -2.13. The van der Waals surface area contributed by atoms with E-state index in [0.717, 1.165) is 32.6 Å². The van der Waals surface area contributed by atoms with Crippen molar-refractivity contribution in [3.05, 3.63) is 0 Å². The molecule has 0 aliphatic rings. The molecule has 0 radical (unpaired) electrons. The van der Waals surface area contributed by atoms with Gasteiger partial charge in [-0.05, 0) is 12.8 Å². The molecule has 1 unspecified atom stereocenters. The molecular formula is C10H23NO3. The van der Waals surface area contributed by atoms with Crippen molar-refractivity contribution in [2.24, 2.45) is 0 Å². The van der Waals surface area contributed by atoms with Crippen LogP contribution in [0.15, 0.2) is 0 Å². The second-order valence-electron chi connectivity index (χ2n) is 3.20. The van der Waals surface area contributed by atoms with E-state index in [1.807, 2.05) is 6.92 Å². The minimum Gasteiger partial charge on any atom is -0.395 e. The van der Waals surface area contributed by atoms with E-state index >= 15 is 0 Å². The summed E-state index contributed by atoms with van der Waals surface area (Å²) < 4.78 is 10.2. The summed E-state index contributed by atoms with van der Waals surface area (Å²) in [5.74, 6) is 0. The molecule has 86 valence electrons. The molecule has 4 nitrogen and oxygen atoms in total. The molecule has 1 atom stereocenters. The Labute approximate surface area is 86.6 Å². The first kappa shape index (κ1) is 13.8. The highest BCUT2D eigenvalue weighted by molar-refractivity contribution is 4.61. The molecule has 0 saturated carbocycles. The maximum absolute atomic E-state index is 8.88. The van der Waals surface area contributed by atoms with E-state index in [4.69, 9.17) is 14.6 Å². The Morgan fingerprint density at radius 1 is 1.29 bits per heavy atom. The van der Waals surface area contributed by atoms with E-state index in [2.05, 4.69) is 5.32 Å². The molecule has 0 aromatic carbocycles. The lowest BCUT2D eigenvalue weighted by atomic mass is 10.2. The minimum absolute atomic E-state index is 0.195. The van der Waals surface area contributed by atoms with Crippen LogP contribution in [0.5, 0.6) is 0 Å². The molecule has 0 spiro atoms. The molecule has 0 fully saturated rings. The average molecular weight is 205 g/mol. The maximum Gasteiger partial charge on any atom is 0.0591 e. The summed E-state index contributed by atoms with van der Waals surface area (Å²) in [4.78, 5) is 0. The Kier molecular flexibility index (Phi) is 10.8. The van der Waals surface area contributed by atoms with Gasteiger partial charge in [-0.1, -0.05) is 6.92 Å². The number of nitrogens with one attached hydrogen (secondary N) is 1. The lowest BCUT2D eigenvalue weighted by Crippen LogP contribution is -2.34. The van der Waals surface area contributed by atoms with Crippen molar-refractivity contribution in [2.45, 2.75) is 25.8 Å². The summed E-state index contributed by atoms with van der Waals surface area (Å²) in [5.41, 5.74) is 0. The zero-order chi connectivity index (χ0) is 10.6. The first-order chi connectivity index (χ1) is 6.85. The van der Waals surface area contributed by atoms with E-state index in [9.17, 15) is 0 Å². The SMILES string of the molecule is CCC(CO)NCCOCCCOC. The van der Waals surface area contributed by atoms with Gasteiger partial charge in [-0.2, -0.15) is 0 Å². The van der Waals surface area contributed by atoms with Crippen molar-refractivity contribution in [2.75, 3.05) is 40.1 Å². The molecule has 0 aliphatic carbocycles. The molecule has 0 amide bonds. The van der Waals surface area contributed by atoms with E-state index in [0.29, 0.717) is 6.61 Å². The molecule has 4 heteroatoms. The van der Waals surface area contributed by atoms with Gasteiger partial charge < -0.3 is 19.9 Å². The van der Waals surface area contributed by atoms with Crippen LogP contribution in [0.2, 0.25) is 0 Å². The average Bonchev–Trinajstić information content (AvgIpc) is 2.22. The van der Waals surface area contributed by atoms with Crippen LogP contribution >= 0.6 is 0 Å². The van der Waals surface area contributed by atoms with Gasteiger partial charge in [0, 0.05) is 32.9 Å². The van der Waals surface area contributed by atoms with Crippen molar-refractivity contribution in [1.82, 2.24) is 5.32 Å². The largest absolute Gasteiger partial charge is 0.395 e. The smallest absolute Gasteiger partial charge is 0.0591 e. The van der Waals surface area contributed by atoms with Crippen molar-refractivity contribution < 1.29 is 14.6 Å². The standard InChI is InChI=1S/C10H23NO3/c1-3-10(9-12)11-5-8-14-7-4-6-13-2/h10-12H,3-9H2,1-2H3. The molecule has 0 bridgehead atoms. The minimum atomic E-state index is 0.195. The third kappa shape index (κ3) is 8.44. The van der Waals surface area contributed by atoms with Crippen LogP contribution in [0.4, 0.5) is 0 Å². The number of aliphatic hydroxyl groups is 1. The summed E-state index contributed by atoms with van der Waals surface area (Å²) in [6.45, 7) is 5.23. The van der Waals surface area contributed by atoms with Gasteiger partial charge >= 0.3 is 0 Å². The molecule has 0 rings (SSSR count). The Balaban J connectivity index is 3.04. The normalized spacial score (nSPS) is 13.1. The molecule has 0 aromatic heterocycles. The fraction of sp³-hybridized carbons (Fsp3) is 1.00. The number of methoxy groups -OCH3 is 1. The Hall–Kier alpha value is -0.160. The number of hydrogen-bond acceptors (Lipinski definition) is 4. The lowest BCUT2D eigenvalue weighted by molar-refractivity contribution is 0.101. The predicted octanol–water partition coefficient (Wildman–Crippen LogP) is 0.400. The van der Waals surface area contributed by atoms with Gasteiger partial charge in [0.25, 0.3) is 0 Å². The van der Waals surface area contributed by atoms with Crippen LogP contribution in [0.1, 0.15) is 19.8 Å². The number of rotatable bonds is 10. The van der Waals surface area contributed by atoms with Crippen molar-refractivity contribution in [1.29, 1.82) is 0 Å². The van der Waals surface area contributed by atoms with Crippen LogP contribution in [-0.4, -0.2) is 51.2 Å². The van der Waals surface area contributed by atoms with Gasteiger partial charge in [-0.15, -0.1) is 0 Å². The number of ether oxygens (including phenoxy) is 2. The van der Waals surface area contributed by atoms with Crippen LogP contribution in [0, 0.1) is 0 Å². The summed E-state index contributed by atoms with van der Waals surface area (Å²) in [6, 6.07) is 0.206. The number of aliphatic hydroxyl groups excluding tert-OH is 1. The van der Waals surface area contributed by atoms with Gasteiger partial charge in [0.1, 0.15) is 0 Å². The van der Waals surface area contributed by atoms with Crippen LogP contribution in [0.25, 0.3) is 0 Å². The summed E-state index contributed by atoms with van der Waals surface area (Å²) in [7, 11) is 1.69. The highest BCUT2D eigenvalue weighted by Crippen LogP contribution is 1.88. The second kappa shape index (κ2) is 10.9. The van der Waals surface area contributed by atoms with Gasteiger partial charge in [0.05, 0.1) is 13.2 Å². The third-order valence-corrected chi connectivity index (χ3v) is 2.03. The highest BCUT2D eigenvalue weighted by atomic mass is 16.5. The van der Waals surface area contributed by atoms with Gasteiger partial charge in [0.2, 0.25) is 0 Å². The number of hydrogen-bond donors (Lipinski definition) is 2. The van der Waals surface area contributed by atoms with Gasteiger partial charge in [-0.25, -0.2) is 0 Å². The summed E-state index contributed by atoms with van der Waals surface area (Å²) in [6.07, 6.45) is 1.88. The van der Waals surface area contributed by atoms with Crippen LogP contribution < -0.4 is 5.32 Å². The Morgan fingerprint density at radius 2 is 2.07 bits per heavy atom. The molecule has 0 saturated heterocycles. The monoisotopic (exact) mass is 205 g/mol. The van der Waals surface area contributed by atoms with E-state index < -0.39 is 0 Å². The Morgan fingerprint density at radius 3 is 2.64 bits per heavy atom. The van der Waals surface area contributed by atoms with Crippen LogP contribution in [-0.2, 0) is 9.47 Å². The first-order valence-corrected chi connectivity index (χ1v) is 5.26. The molecule has 14 heavy (non-hydrogen) atoms. The fourth-order valence-electron chi connectivity index (χ4n) is 1.08. The summed E-state index contributed by atoms with van der Waals surface area (Å²) >= 11 is 0. The predicted molar refractivity (Wildman–Crippen MR) is 56.5 cm³/mol. The van der Waals surface area contributed by atoms with Gasteiger partial charge in [-0.3, -0.25) is 0 Å². The van der Waals surface area contributed by atoms with Crippen molar-refractivity contribution >= 4 is 0 Å². The molecule has 0 aliphatic heterocycles. The molecule has 2 N–H and O–H groups in total. The fourth-order valence-corrected chi connectivity index (χ4v) is 1.08. The van der Waals surface area contributed by atoms with E-state index in [-0.39, 0.29) is 12.6 Å². The van der Waals surface area contributed by atoms with Crippen molar-refractivity contribution in [3.63, 3.8) is 0 Å². The zero-order valence-electron chi connectivity index (χ0n) is 9.29. The van der Waals surface area contributed by atoms with Crippen molar-refractivity contribution in [3.8, 4) is 0 Å². The quantitative estimate of drug-likeness (QED) is 0.507. The maximum atomic E-state index is 8.88. The highest BCUT2D eigenvalue weighted by Gasteiger charge is 2.01. The van der Waals surface area contributed by atoms with E-state index in [1.54, 1.807) is 7.11 Å². The molecule has 0 aromatic rings. The topological polar surface area (TPSA) is 50.7 Å². The second-order valence-corrected chi connectivity index (χ2v) is 3.20. The summed E-state index contributed by atoms with van der Waals surface area (Å²) in [5, 5.41) is 12.1. The third-order valence-electron chi connectivity index (χ3n) is 2.03.